The third kappa shape index (κ3) is 3.54. The maximum atomic E-state index is 11.0. The SMILES string of the molecule is CC(=O)CCc1ccc(-c2cccc(C(=O)O)c2)cc1. The molecule has 3 nitrogen and oxygen atoms in total. The van der Waals surface area contributed by atoms with Gasteiger partial charge in [0.25, 0.3) is 0 Å². The van der Waals surface area contributed by atoms with Crippen LogP contribution in [0.2, 0.25) is 0 Å². The molecule has 0 spiro atoms. The van der Waals surface area contributed by atoms with Crippen LogP contribution in [0.15, 0.2) is 48.5 Å². The van der Waals surface area contributed by atoms with E-state index in [4.69, 9.17) is 5.11 Å². The van der Waals surface area contributed by atoms with Crippen LogP contribution < -0.4 is 0 Å². The quantitative estimate of drug-likeness (QED) is 0.901. The highest BCUT2D eigenvalue weighted by molar-refractivity contribution is 5.89. The fourth-order valence-corrected chi connectivity index (χ4v) is 2.02. The molecular weight excluding hydrogens is 252 g/mol. The van der Waals surface area contributed by atoms with Gasteiger partial charge in [-0.05, 0) is 42.2 Å². The Morgan fingerprint density at radius 1 is 1.00 bits per heavy atom. The summed E-state index contributed by atoms with van der Waals surface area (Å²) in [4.78, 5) is 21.9. The van der Waals surface area contributed by atoms with Crippen molar-refractivity contribution in [1.29, 1.82) is 0 Å². The molecule has 3 heteroatoms. The van der Waals surface area contributed by atoms with E-state index < -0.39 is 5.97 Å². The molecule has 0 heterocycles. The maximum absolute atomic E-state index is 11.0. The minimum atomic E-state index is -0.926. The monoisotopic (exact) mass is 268 g/mol. The largest absolute Gasteiger partial charge is 0.478 e. The van der Waals surface area contributed by atoms with Crippen molar-refractivity contribution in [1.82, 2.24) is 0 Å². The Labute approximate surface area is 117 Å². The molecule has 0 unspecified atom stereocenters. The number of carbonyl (C=O) groups is 2. The third-order valence-corrected chi connectivity index (χ3v) is 3.16. The first-order valence-corrected chi connectivity index (χ1v) is 6.48. The molecule has 0 saturated carbocycles. The maximum Gasteiger partial charge on any atom is 0.335 e. The summed E-state index contributed by atoms with van der Waals surface area (Å²) in [6.07, 6.45) is 1.29. The van der Waals surface area contributed by atoms with Crippen molar-refractivity contribution in [2.24, 2.45) is 0 Å². The number of carboxylic acid groups (broad SMARTS) is 1. The van der Waals surface area contributed by atoms with Crippen molar-refractivity contribution in [3.8, 4) is 11.1 Å². The Kier molecular flexibility index (Phi) is 4.31. The molecule has 1 N–H and O–H groups in total. The van der Waals surface area contributed by atoms with Crippen molar-refractivity contribution in [2.75, 3.05) is 0 Å². The van der Waals surface area contributed by atoms with E-state index in [0.29, 0.717) is 6.42 Å². The van der Waals surface area contributed by atoms with Gasteiger partial charge in [-0.25, -0.2) is 4.79 Å². The van der Waals surface area contributed by atoms with Crippen LogP contribution >= 0.6 is 0 Å². The lowest BCUT2D eigenvalue weighted by atomic mass is 10.00. The second-order valence-corrected chi connectivity index (χ2v) is 4.78. The summed E-state index contributed by atoms with van der Waals surface area (Å²) in [6.45, 7) is 1.59. The summed E-state index contributed by atoms with van der Waals surface area (Å²) < 4.78 is 0. The van der Waals surface area contributed by atoms with Gasteiger partial charge in [-0.2, -0.15) is 0 Å². The second kappa shape index (κ2) is 6.15. The zero-order valence-electron chi connectivity index (χ0n) is 11.3. The first kappa shape index (κ1) is 14.0. The standard InChI is InChI=1S/C17H16O3/c1-12(18)5-6-13-7-9-14(10-8-13)15-3-2-4-16(11-15)17(19)20/h2-4,7-11H,5-6H2,1H3,(H,19,20). The predicted molar refractivity (Wildman–Crippen MR) is 77.8 cm³/mol. The number of rotatable bonds is 5. The molecule has 20 heavy (non-hydrogen) atoms. The van der Waals surface area contributed by atoms with Crippen LogP contribution in [-0.2, 0) is 11.2 Å². The van der Waals surface area contributed by atoms with E-state index in [1.165, 1.54) is 0 Å². The van der Waals surface area contributed by atoms with Gasteiger partial charge in [-0.15, -0.1) is 0 Å². The van der Waals surface area contributed by atoms with Gasteiger partial charge in [0, 0.05) is 6.42 Å². The summed E-state index contributed by atoms with van der Waals surface area (Å²) >= 11 is 0. The summed E-state index contributed by atoms with van der Waals surface area (Å²) in [6, 6.07) is 14.7. The van der Waals surface area contributed by atoms with E-state index in [1.54, 1.807) is 25.1 Å². The first-order chi connectivity index (χ1) is 9.56. The summed E-state index contributed by atoms with van der Waals surface area (Å²) in [5.41, 5.74) is 3.24. The number of hydrogen-bond donors (Lipinski definition) is 1. The van der Waals surface area contributed by atoms with Gasteiger partial charge in [-0.3, -0.25) is 0 Å². The highest BCUT2D eigenvalue weighted by Gasteiger charge is 2.05. The Hall–Kier alpha value is -2.42. The summed E-state index contributed by atoms with van der Waals surface area (Å²) in [5.74, 6) is -0.742. The molecular formula is C17H16O3. The van der Waals surface area contributed by atoms with Crippen molar-refractivity contribution >= 4 is 11.8 Å². The normalized spacial score (nSPS) is 10.2. The van der Waals surface area contributed by atoms with Gasteiger partial charge in [0.2, 0.25) is 0 Å². The zero-order chi connectivity index (χ0) is 14.5. The molecule has 0 aliphatic carbocycles. The van der Waals surface area contributed by atoms with Crippen LogP contribution in [0.3, 0.4) is 0 Å². The second-order valence-electron chi connectivity index (χ2n) is 4.78. The lowest BCUT2D eigenvalue weighted by molar-refractivity contribution is -0.116. The average molecular weight is 268 g/mol. The first-order valence-electron chi connectivity index (χ1n) is 6.48. The number of hydrogen-bond acceptors (Lipinski definition) is 2. The number of aryl methyl sites for hydroxylation is 1. The van der Waals surface area contributed by atoms with Crippen LogP contribution in [0, 0.1) is 0 Å². The zero-order valence-corrected chi connectivity index (χ0v) is 11.3. The van der Waals surface area contributed by atoms with Crippen LogP contribution in [0.1, 0.15) is 29.3 Å². The molecule has 0 amide bonds. The van der Waals surface area contributed by atoms with Crippen LogP contribution in [0.5, 0.6) is 0 Å². The fraction of sp³-hybridized carbons (Fsp3) is 0.176. The molecule has 0 saturated heterocycles. The molecule has 2 rings (SSSR count). The number of Topliss-reactive ketones (excluding diaryl/α,β-unsaturated/α-hetero) is 1. The van der Waals surface area contributed by atoms with Gasteiger partial charge in [0.15, 0.2) is 0 Å². The predicted octanol–water partition coefficient (Wildman–Crippen LogP) is 3.57. The van der Waals surface area contributed by atoms with E-state index in [0.717, 1.165) is 23.1 Å². The molecule has 2 aromatic carbocycles. The molecule has 0 aliphatic rings. The highest BCUT2D eigenvalue weighted by atomic mass is 16.4. The van der Waals surface area contributed by atoms with E-state index in [-0.39, 0.29) is 11.3 Å². The van der Waals surface area contributed by atoms with Crippen LogP contribution in [-0.4, -0.2) is 16.9 Å². The molecule has 0 atom stereocenters. The van der Waals surface area contributed by atoms with Crippen molar-refractivity contribution in [3.63, 3.8) is 0 Å². The van der Waals surface area contributed by atoms with Gasteiger partial charge >= 0.3 is 5.97 Å². The number of benzene rings is 2. The third-order valence-electron chi connectivity index (χ3n) is 3.16. The highest BCUT2D eigenvalue weighted by Crippen LogP contribution is 2.21. The lowest BCUT2D eigenvalue weighted by Crippen LogP contribution is -1.96. The Morgan fingerprint density at radius 2 is 1.70 bits per heavy atom. The van der Waals surface area contributed by atoms with E-state index in [9.17, 15) is 9.59 Å². The smallest absolute Gasteiger partial charge is 0.335 e. The minimum Gasteiger partial charge on any atom is -0.478 e. The molecule has 102 valence electrons. The van der Waals surface area contributed by atoms with Crippen LogP contribution in [0.4, 0.5) is 0 Å². The van der Waals surface area contributed by atoms with Crippen molar-refractivity contribution in [3.05, 3.63) is 59.7 Å². The number of carbonyl (C=O) groups excluding carboxylic acids is 1. The minimum absolute atomic E-state index is 0.184. The Bertz CT molecular complexity index is 627. The van der Waals surface area contributed by atoms with Gasteiger partial charge in [0.05, 0.1) is 5.56 Å². The van der Waals surface area contributed by atoms with Gasteiger partial charge in [-0.1, -0.05) is 36.4 Å². The van der Waals surface area contributed by atoms with E-state index in [1.807, 2.05) is 30.3 Å². The number of aromatic carboxylic acids is 1. The van der Waals surface area contributed by atoms with E-state index >= 15 is 0 Å². The summed E-state index contributed by atoms with van der Waals surface area (Å²) in [5, 5.41) is 8.99. The summed E-state index contributed by atoms with van der Waals surface area (Å²) in [7, 11) is 0. The lowest BCUT2D eigenvalue weighted by Gasteiger charge is -2.05. The Morgan fingerprint density at radius 3 is 2.30 bits per heavy atom. The number of carboxylic acids is 1. The topological polar surface area (TPSA) is 54.4 Å². The van der Waals surface area contributed by atoms with Crippen molar-refractivity contribution < 1.29 is 14.7 Å². The molecule has 2 aromatic rings. The number of ketones is 1. The van der Waals surface area contributed by atoms with E-state index in [2.05, 4.69) is 0 Å². The molecule has 0 aliphatic heterocycles. The molecule has 0 radical (unpaired) electrons. The average Bonchev–Trinajstić information content (AvgIpc) is 2.46. The van der Waals surface area contributed by atoms with Crippen LogP contribution in [0.25, 0.3) is 11.1 Å². The van der Waals surface area contributed by atoms with Gasteiger partial charge in [0.1, 0.15) is 5.78 Å². The van der Waals surface area contributed by atoms with Gasteiger partial charge < -0.3 is 9.90 Å². The van der Waals surface area contributed by atoms with Crippen molar-refractivity contribution in [2.45, 2.75) is 19.8 Å². The Balaban J connectivity index is 2.19. The fourth-order valence-electron chi connectivity index (χ4n) is 2.02. The molecule has 0 fully saturated rings. The molecule has 0 aromatic heterocycles. The molecule has 0 bridgehead atoms.